The Hall–Kier alpha value is -3.96. The number of aromatic nitrogens is 1. The monoisotopic (exact) mass is 973 g/mol. The first-order valence-electron chi connectivity index (χ1n) is 23.8. The lowest BCUT2D eigenvalue weighted by Crippen LogP contribution is -2.61. The topological polar surface area (TPSA) is 315 Å². The Bertz CT molecular complexity index is 1920. The van der Waals surface area contributed by atoms with Crippen molar-refractivity contribution in [3.8, 4) is 0 Å². The molecule has 3 aliphatic rings. The molecule has 13 N–H and O–H groups in total. The average Bonchev–Trinajstić information content (AvgIpc) is 3.83. The first-order valence-corrected chi connectivity index (χ1v) is 23.8. The van der Waals surface area contributed by atoms with Crippen molar-refractivity contribution < 1.29 is 79.6 Å². The van der Waals surface area contributed by atoms with E-state index in [2.05, 4.69) is 4.98 Å². The molecule has 4 rings (SSSR count). The molecule has 386 valence electrons. The van der Waals surface area contributed by atoms with Crippen LogP contribution in [0.2, 0.25) is 0 Å². The third-order valence-electron chi connectivity index (χ3n) is 12.9. The van der Waals surface area contributed by atoms with Gasteiger partial charge in [0, 0.05) is 43.7 Å². The summed E-state index contributed by atoms with van der Waals surface area (Å²) in [5.41, 5.74) is 6.26. The summed E-state index contributed by atoms with van der Waals surface area (Å²) in [5, 5.41) is 110. The van der Waals surface area contributed by atoms with Crippen LogP contribution < -0.4 is 5.73 Å². The summed E-state index contributed by atoms with van der Waals surface area (Å²) in [6.07, 6.45) is 6.32. The Morgan fingerprint density at radius 1 is 0.696 bits per heavy atom. The number of rotatable bonds is 4. The quantitative estimate of drug-likeness (QED) is 0.151. The minimum Gasteiger partial charge on any atom is -0.462 e. The fourth-order valence-corrected chi connectivity index (χ4v) is 8.65. The van der Waals surface area contributed by atoms with Crippen LogP contribution in [0, 0.1) is 17.8 Å². The Morgan fingerprint density at radius 2 is 1.30 bits per heavy atom. The molecule has 0 amide bonds. The molecular formula is C51H76N2O16. The number of ketones is 1. The molecule has 0 spiro atoms. The van der Waals surface area contributed by atoms with Crippen LogP contribution in [0.3, 0.4) is 0 Å². The zero-order valence-electron chi connectivity index (χ0n) is 39.9. The highest BCUT2D eigenvalue weighted by Gasteiger charge is 2.51. The van der Waals surface area contributed by atoms with E-state index in [1.165, 1.54) is 12.3 Å². The van der Waals surface area contributed by atoms with Crippen LogP contribution in [0.15, 0.2) is 103 Å². The number of fused-ring (bicyclic) bond motifs is 2. The summed E-state index contributed by atoms with van der Waals surface area (Å²) >= 11 is 0. The molecule has 1 aromatic heterocycles. The van der Waals surface area contributed by atoms with Gasteiger partial charge in [0.1, 0.15) is 12.2 Å². The summed E-state index contributed by atoms with van der Waals surface area (Å²) in [4.78, 5) is 29.4. The van der Waals surface area contributed by atoms with Gasteiger partial charge in [0.05, 0.1) is 91.2 Å². The van der Waals surface area contributed by atoms with Crippen molar-refractivity contribution in [2.45, 2.75) is 177 Å². The number of hydrogen-bond donors (Lipinski definition) is 12. The fourth-order valence-electron chi connectivity index (χ4n) is 8.65. The number of H-pyrrole nitrogens is 1. The van der Waals surface area contributed by atoms with Crippen molar-refractivity contribution in [3.63, 3.8) is 0 Å². The summed E-state index contributed by atoms with van der Waals surface area (Å²) < 4.78 is 23.7. The molecule has 3 aliphatic heterocycles. The number of ether oxygens (including phenoxy) is 4. The zero-order chi connectivity index (χ0) is 50.8. The van der Waals surface area contributed by atoms with E-state index in [1.54, 1.807) is 69.4 Å². The van der Waals surface area contributed by atoms with Gasteiger partial charge in [0.2, 0.25) is 0 Å². The minimum atomic E-state index is -2.27. The van der Waals surface area contributed by atoms with E-state index in [9.17, 15) is 60.7 Å². The molecule has 4 heterocycles. The molecule has 19 atom stereocenters. The minimum absolute atomic E-state index is 0.0936. The Balaban J connectivity index is 1.60. The van der Waals surface area contributed by atoms with Gasteiger partial charge in [-0.25, -0.2) is 0 Å². The number of nitrogens with one attached hydrogen (secondary N) is 1. The van der Waals surface area contributed by atoms with Crippen molar-refractivity contribution in [3.05, 3.63) is 109 Å². The number of aliphatic hydroxyl groups is 10. The van der Waals surface area contributed by atoms with Gasteiger partial charge in [-0.15, -0.1) is 0 Å². The van der Waals surface area contributed by atoms with Crippen LogP contribution >= 0.6 is 0 Å². The number of aliphatic hydroxyl groups excluding tert-OH is 9. The van der Waals surface area contributed by atoms with E-state index in [0.717, 1.165) is 0 Å². The number of nitrogens with two attached hydrogens (primary N) is 1. The number of Topliss-reactive ketones (excluding diaryl/α,β-unsaturated/α-hetero) is 1. The summed E-state index contributed by atoms with van der Waals surface area (Å²) in [6, 6.07) is 1.99. The number of carbonyl (C=O) groups is 2. The number of hydrogen-bond acceptors (Lipinski definition) is 17. The van der Waals surface area contributed by atoms with Gasteiger partial charge in [-0.2, -0.15) is 0 Å². The maximum atomic E-state index is 13.9. The highest BCUT2D eigenvalue weighted by molar-refractivity contribution is 5.97. The van der Waals surface area contributed by atoms with Crippen molar-refractivity contribution in [2.75, 3.05) is 0 Å². The number of carbonyl (C=O) groups excluding carboxylic acids is 2. The van der Waals surface area contributed by atoms with Crippen molar-refractivity contribution in [2.24, 2.45) is 23.5 Å². The second-order valence-corrected chi connectivity index (χ2v) is 18.7. The van der Waals surface area contributed by atoms with E-state index in [4.69, 9.17) is 24.7 Å². The first kappa shape index (κ1) is 57.6. The number of allylic oxidation sites excluding steroid dienone is 12. The molecule has 18 heteroatoms. The lowest BCUT2D eigenvalue weighted by Gasteiger charge is -2.46. The van der Waals surface area contributed by atoms with Gasteiger partial charge in [-0.3, -0.25) is 9.59 Å². The second kappa shape index (κ2) is 28.2. The molecular weight excluding hydrogens is 897 g/mol. The number of cyclic esters (lactones) is 1. The number of esters is 1. The molecule has 0 saturated carbocycles. The lowest BCUT2D eigenvalue weighted by atomic mass is 9.79. The molecule has 2 bridgehead atoms. The van der Waals surface area contributed by atoms with Gasteiger partial charge >= 0.3 is 5.97 Å². The highest BCUT2D eigenvalue weighted by atomic mass is 16.7. The molecule has 2 saturated heterocycles. The fraction of sp³-hybridized carbons (Fsp3) is 0.608. The van der Waals surface area contributed by atoms with E-state index < -0.39 is 147 Å². The molecule has 0 unspecified atom stereocenters. The van der Waals surface area contributed by atoms with Crippen molar-refractivity contribution in [1.29, 1.82) is 0 Å². The second-order valence-electron chi connectivity index (χ2n) is 18.7. The van der Waals surface area contributed by atoms with Gasteiger partial charge in [-0.05, 0) is 45.2 Å². The normalized spacial score (nSPS) is 40.3. The van der Waals surface area contributed by atoms with Crippen molar-refractivity contribution in [1.82, 2.24) is 4.98 Å². The zero-order valence-corrected chi connectivity index (χ0v) is 39.9. The molecule has 18 nitrogen and oxygen atoms in total. The van der Waals surface area contributed by atoms with Gasteiger partial charge in [-0.1, -0.05) is 98.9 Å². The Morgan fingerprint density at radius 3 is 1.91 bits per heavy atom. The lowest BCUT2D eigenvalue weighted by molar-refractivity contribution is -0.305. The predicted molar refractivity (Wildman–Crippen MR) is 254 cm³/mol. The van der Waals surface area contributed by atoms with E-state index >= 15 is 0 Å². The third-order valence-corrected chi connectivity index (χ3v) is 12.9. The van der Waals surface area contributed by atoms with Gasteiger partial charge in [0.25, 0.3) is 0 Å². The number of aromatic amines is 1. The maximum Gasteiger partial charge on any atom is 0.308 e. The van der Waals surface area contributed by atoms with E-state index in [0.29, 0.717) is 0 Å². The van der Waals surface area contributed by atoms with Crippen LogP contribution in [0.1, 0.15) is 89.5 Å². The van der Waals surface area contributed by atoms with Crippen LogP contribution in [0.25, 0.3) is 0 Å². The van der Waals surface area contributed by atoms with Crippen molar-refractivity contribution >= 4 is 11.8 Å². The molecule has 2 fully saturated rings. The van der Waals surface area contributed by atoms with Gasteiger partial charge in [0.15, 0.2) is 17.9 Å². The largest absolute Gasteiger partial charge is 0.462 e. The molecule has 1 aromatic rings. The van der Waals surface area contributed by atoms with Crippen LogP contribution in [0.5, 0.6) is 0 Å². The third kappa shape index (κ3) is 18.3. The Kier molecular flexibility index (Phi) is 23.5. The molecule has 0 radical (unpaired) electrons. The van der Waals surface area contributed by atoms with Crippen LogP contribution in [-0.4, -0.2) is 165 Å². The average molecular weight is 973 g/mol. The molecule has 0 aliphatic carbocycles. The highest BCUT2D eigenvalue weighted by Crippen LogP contribution is 2.39. The van der Waals surface area contributed by atoms with E-state index in [-0.39, 0.29) is 37.3 Å². The summed E-state index contributed by atoms with van der Waals surface area (Å²) in [6.45, 7) is 6.80. The van der Waals surface area contributed by atoms with E-state index in [1.807, 2.05) is 49.5 Å². The predicted octanol–water partition coefficient (Wildman–Crippen LogP) is 1.84. The maximum absolute atomic E-state index is 13.9. The summed E-state index contributed by atoms with van der Waals surface area (Å²) in [5.74, 6) is -5.53. The molecule has 0 aromatic carbocycles. The molecule has 69 heavy (non-hydrogen) atoms. The standard InChI is InChI=1S/C51H76N2O16/c1-30-18-15-13-11-9-7-5-6-8-10-12-14-16-19-37(68-50-49(64)45(52)47(62)33(4)67-50)27-42-44(48(63)38-20-17-23-53-38)41(59)29-51(65,69-42)28-36(56)25-40(58)39(57)22-21-34(54)24-35(55)26-43(60)66-32(3)31(2)46(30)61/h5-20,23,30-37,39-42,44-47,49-50,53-59,61-62,64-65H,21-22,24-29,52H2,1-4H3/t30-,31-,32-,33+,34+,35+,36-,37-,39+,40+,41-,42-,44+,45-,46+,47+,49-,50-,51+/m0/s1. The first-order chi connectivity index (χ1) is 32.7. The van der Waals surface area contributed by atoms with Crippen LogP contribution in [-0.2, 0) is 23.7 Å². The van der Waals surface area contributed by atoms with Gasteiger partial charge < -0.3 is 80.7 Å². The van der Waals surface area contributed by atoms with Crippen LogP contribution in [0.4, 0.5) is 0 Å². The Labute approximate surface area is 404 Å². The SMILES string of the molecule is C[C@@H]1[C@H](O)[C@@H](C)C=CC=CC=CC=CC=CC=CC=C[C@H](O[C@@H]2O[C@H](C)[C@@H](O)[C@H](N)[C@@H]2O)C[C@@H]2O[C@](O)(C[C@@H](O)C[C@@H](O)[C@H](O)CC[C@@H](O)C[C@@H](O)CC(=O)O[C@H]1C)C[C@H](O)[C@H]2C(=O)c1ccc[nH]1. The smallest absolute Gasteiger partial charge is 0.308 e. The summed E-state index contributed by atoms with van der Waals surface area (Å²) in [7, 11) is 0.